The quantitative estimate of drug-likeness (QED) is 0.153. The van der Waals surface area contributed by atoms with Gasteiger partial charge in [0.1, 0.15) is 0 Å². The average molecular weight is 773 g/mol. The lowest BCUT2D eigenvalue weighted by atomic mass is 9.78. The molecular formula is C56H44N4. The molecule has 0 saturated carbocycles. The van der Waals surface area contributed by atoms with Gasteiger partial charge >= 0.3 is 0 Å². The molecule has 0 spiro atoms. The summed E-state index contributed by atoms with van der Waals surface area (Å²) < 4.78 is 2.52. The molecule has 1 fully saturated rings. The highest BCUT2D eigenvalue weighted by Gasteiger charge is 2.41. The SMILES string of the molecule is CC1(C)c2c(c3ccccc3c3ccccc23)-c2ccc3c4ccccc4n(-c4ccc(-c5ccc(C6NC(c7ccccc7)NC(c7ccccc7)N6)cc5)cc4)c3c21. The van der Waals surface area contributed by atoms with Gasteiger partial charge in [0.05, 0.1) is 29.5 Å². The molecule has 1 saturated heterocycles. The number of hydrogen-bond donors (Lipinski definition) is 3. The van der Waals surface area contributed by atoms with Crippen molar-refractivity contribution in [3.05, 3.63) is 222 Å². The third kappa shape index (κ3) is 5.35. The maximum atomic E-state index is 3.82. The predicted octanol–water partition coefficient (Wildman–Crippen LogP) is 13.2. The molecule has 2 heterocycles. The van der Waals surface area contributed by atoms with E-state index in [-0.39, 0.29) is 23.9 Å². The number of benzene rings is 9. The van der Waals surface area contributed by atoms with E-state index in [9.17, 15) is 0 Å². The van der Waals surface area contributed by atoms with Crippen molar-refractivity contribution in [3.8, 4) is 27.9 Å². The Morgan fingerprint density at radius 1 is 0.383 bits per heavy atom. The van der Waals surface area contributed by atoms with Gasteiger partial charge in [0.25, 0.3) is 0 Å². The standard InChI is InChI=1S/C56H44N4/c1-56(2)50-45-23-12-10-20-42(45)41-19-9-11-22-44(41)49(50)47-34-33-46-43-21-13-14-24-48(43)60(52(46)51(47)56)40-31-29-36(30-32-40)35-25-27-39(28-26-35)55-58-53(37-15-5-3-6-16-37)57-54(59-55)38-17-7-4-8-18-38/h3-34,53-55,57-59H,1-2H3. The minimum atomic E-state index is -0.234. The van der Waals surface area contributed by atoms with Gasteiger partial charge in [0.15, 0.2) is 0 Å². The third-order valence-corrected chi connectivity index (χ3v) is 13.3. The monoisotopic (exact) mass is 772 g/mol. The van der Waals surface area contributed by atoms with Gasteiger partial charge in [-0.15, -0.1) is 0 Å². The third-order valence-electron chi connectivity index (χ3n) is 13.3. The molecule has 4 heteroatoms. The van der Waals surface area contributed by atoms with E-state index in [1.807, 2.05) is 0 Å². The molecule has 2 atom stereocenters. The summed E-state index contributed by atoms with van der Waals surface area (Å²) in [5.74, 6) is 0. The summed E-state index contributed by atoms with van der Waals surface area (Å²) in [6.07, 6.45) is -0.0488. The first kappa shape index (κ1) is 35.2. The Hall–Kier alpha value is -6.82. The van der Waals surface area contributed by atoms with Crippen LogP contribution in [0.3, 0.4) is 0 Å². The van der Waals surface area contributed by atoms with E-state index in [1.165, 1.54) is 99.1 Å². The van der Waals surface area contributed by atoms with Crippen LogP contribution in [-0.2, 0) is 5.41 Å². The van der Waals surface area contributed by atoms with Crippen LogP contribution in [-0.4, -0.2) is 4.57 Å². The molecule has 3 N–H and O–H groups in total. The highest BCUT2D eigenvalue weighted by atomic mass is 15.4. The fraction of sp³-hybridized carbons (Fsp3) is 0.107. The Balaban J connectivity index is 0.935. The Labute approximate surface area is 350 Å². The van der Waals surface area contributed by atoms with Crippen LogP contribution in [0.25, 0.3) is 71.3 Å². The minimum absolute atomic E-state index is 0.00427. The van der Waals surface area contributed by atoms with E-state index in [0.29, 0.717) is 0 Å². The van der Waals surface area contributed by atoms with Crippen molar-refractivity contribution in [2.45, 2.75) is 37.8 Å². The van der Waals surface area contributed by atoms with Crippen LogP contribution < -0.4 is 16.0 Å². The number of fused-ring (bicyclic) bond motifs is 12. The smallest absolute Gasteiger partial charge is 0.0864 e. The molecule has 1 aliphatic carbocycles. The average Bonchev–Trinajstić information content (AvgIpc) is 3.78. The Bertz CT molecular complexity index is 3210. The summed E-state index contributed by atoms with van der Waals surface area (Å²) >= 11 is 0. The second-order valence-electron chi connectivity index (χ2n) is 17.0. The van der Waals surface area contributed by atoms with E-state index in [4.69, 9.17) is 0 Å². The highest BCUT2D eigenvalue weighted by molar-refractivity contribution is 6.21. The molecular weight excluding hydrogens is 729 g/mol. The summed E-state index contributed by atoms with van der Waals surface area (Å²) in [5, 5.41) is 19.3. The van der Waals surface area contributed by atoms with Gasteiger partial charge in [0, 0.05) is 21.9 Å². The predicted molar refractivity (Wildman–Crippen MR) is 249 cm³/mol. The van der Waals surface area contributed by atoms with E-state index < -0.39 is 0 Å². The molecule has 0 amide bonds. The van der Waals surface area contributed by atoms with Crippen LogP contribution in [0.2, 0.25) is 0 Å². The van der Waals surface area contributed by atoms with Crippen molar-refractivity contribution in [1.29, 1.82) is 0 Å². The van der Waals surface area contributed by atoms with Crippen LogP contribution in [0, 0.1) is 0 Å². The van der Waals surface area contributed by atoms with Crippen molar-refractivity contribution in [2.75, 3.05) is 0 Å². The van der Waals surface area contributed by atoms with Crippen molar-refractivity contribution in [2.24, 2.45) is 0 Å². The van der Waals surface area contributed by atoms with Crippen molar-refractivity contribution in [3.63, 3.8) is 0 Å². The lowest BCUT2D eigenvalue weighted by Gasteiger charge is -2.39. The van der Waals surface area contributed by atoms with Gasteiger partial charge in [-0.25, -0.2) is 0 Å². The molecule has 60 heavy (non-hydrogen) atoms. The first-order valence-electron chi connectivity index (χ1n) is 21.1. The van der Waals surface area contributed by atoms with E-state index >= 15 is 0 Å². The molecule has 288 valence electrons. The molecule has 1 aliphatic heterocycles. The zero-order valence-electron chi connectivity index (χ0n) is 33.7. The minimum Gasteiger partial charge on any atom is -0.309 e. The largest absolute Gasteiger partial charge is 0.309 e. The maximum absolute atomic E-state index is 3.82. The first-order chi connectivity index (χ1) is 29.5. The molecule has 2 aliphatic rings. The van der Waals surface area contributed by atoms with Gasteiger partial charge in [-0.3, -0.25) is 16.0 Å². The molecule has 0 radical (unpaired) electrons. The summed E-state index contributed by atoms with van der Waals surface area (Å²) in [6, 6.07) is 71.1. The first-order valence-corrected chi connectivity index (χ1v) is 21.1. The zero-order valence-corrected chi connectivity index (χ0v) is 33.7. The number of hydrogen-bond acceptors (Lipinski definition) is 3. The molecule has 1 aromatic heterocycles. The van der Waals surface area contributed by atoms with E-state index in [2.05, 4.69) is 228 Å². The van der Waals surface area contributed by atoms with Crippen LogP contribution >= 0.6 is 0 Å². The fourth-order valence-corrected chi connectivity index (χ4v) is 10.5. The highest BCUT2D eigenvalue weighted by Crippen LogP contribution is 2.57. The van der Waals surface area contributed by atoms with Crippen LogP contribution in [0.15, 0.2) is 194 Å². The molecule has 0 bridgehead atoms. The van der Waals surface area contributed by atoms with Gasteiger partial charge in [0.2, 0.25) is 0 Å². The maximum Gasteiger partial charge on any atom is 0.0864 e. The number of aromatic nitrogens is 1. The fourth-order valence-electron chi connectivity index (χ4n) is 10.5. The lowest BCUT2D eigenvalue weighted by Crippen LogP contribution is -2.54. The second kappa shape index (κ2) is 13.6. The number of nitrogens with zero attached hydrogens (tertiary/aromatic N) is 1. The van der Waals surface area contributed by atoms with Crippen LogP contribution in [0.4, 0.5) is 0 Å². The van der Waals surface area contributed by atoms with Crippen LogP contribution in [0.5, 0.6) is 0 Å². The summed E-state index contributed by atoms with van der Waals surface area (Å²) in [6.45, 7) is 4.87. The van der Waals surface area contributed by atoms with Gasteiger partial charge in [-0.2, -0.15) is 0 Å². The van der Waals surface area contributed by atoms with Gasteiger partial charge < -0.3 is 4.57 Å². The van der Waals surface area contributed by atoms with E-state index in [1.54, 1.807) is 0 Å². The Morgan fingerprint density at radius 2 is 0.850 bits per heavy atom. The van der Waals surface area contributed by atoms with Crippen molar-refractivity contribution < 1.29 is 0 Å². The van der Waals surface area contributed by atoms with Gasteiger partial charge in [-0.05, 0) is 89.8 Å². The van der Waals surface area contributed by atoms with Crippen molar-refractivity contribution in [1.82, 2.24) is 20.5 Å². The molecule has 12 rings (SSSR count). The Kier molecular flexibility index (Phi) is 7.98. The van der Waals surface area contributed by atoms with Crippen molar-refractivity contribution >= 4 is 43.4 Å². The number of nitrogens with one attached hydrogen (secondary N) is 3. The lowest BCUT2D eigenvalue weighted by molar-refractivity contribution is 0.203. The number of para-hydroxylation sites is 1. The summed E-state index contributed by atoms with van der Waals surface area (Å²) in [7, 11) is 0. The normalized spacial score (nSPS) is 18.3. The molecule has 4 nitrogen and oxygen atoms in total. The number of rotatable bonds is 5. The molecule has 2 unspecified atom stereocenters. The van der Waals surface area contributed by atoms with E-state index in [0.717, 1.165) is 0 Å². The topological polar surface area (TPSA) is 41.0 Å². The zero-order chi connectivity index (χ0) is 40.0. The Morgan fingerprint density at radius 3 is 1.45 bits per heavy atom. The van der Waals surface area contributed by atoms with Crippen LogP contribution in [0.1, 0.15) is 60.2 Å². The second-order valence-corrected chi connectivity index (χ2v) is 17.0. The molecule has 10 aromatic rings. The van der Waals surface area contributed by atoms with Gasteiger partial charge in [-0.1, -0.05) is 190 Å². The summed E-state index contributed by atoms with van der Waals surface area (Å²) in [5.41, 5.74) is 15.0. The summed E-state index contributed by atoms with van der Waals surface area (Å²) in [4.78, 5) is 0. The molecule has 9 aromatic carbocycles.